The van der Waals surface area contributed by atoms with Gasteiger partial charge in [-0.2, -0.15) is 0 Å². The summed E-state index contributed by atoms with van der Waals surface area (Å²) >= 11 is 1.85. The second-order valence-corrected chi connectivity index (χ2v) is 24.9. The molecule has 10 aromatic carbocycles. The summed E-state index contributed by atoms with van der Waals surface area (Å²) in [5.41, 5.74) is 20.6. The number of anilines is 9. The number of thiophene rings is 1. The maximum Gasteiger partial charge on any atom is 0.264 e. The van der Waals surface area contributed by atoms with Crippen molar-refractivity contribution in [2.45, 2.75) is 71.6 Å². The zero-order chi connectivity index (χ0) is 57.6. The largest absolute Gasteiger partial charge is 0.311 e. The maximum atomic E-state index is 9.61. The number of fused-ring (bicyclic) bond motifs is 9. The second kappa shape index (κ2) is 17.8. The van der Waals surface area contributed by atoms with Crippen molar-refractivity contribution >= 4 is 95.0 Å². The highest BCUT2D eigenvalue weighted by Crippen LogP contribution is 2.57. The number of hydrogen-bond acceptors (Lipinski definition) is 4. The zero-order valence-corrected chi connectivity index (χ0v) is 46.2. The minimum atomic E-state index is -0.434. The van der Waals surface area contributed by atoms with Crippen LogP contribution < -0.4 is 30.4 Å². The molecule has 78 heavy (non-hydrogen) atoms. The third-order valence-corrected chi connectivity index (χ3v) is 17.8. The molecule has 11 aromatic rings. The van der Waals surface area contributed by atoms with Crippen LogP contribution in [0, 0.1) is 0 Å². The van der Waals surface area contributed by atoms with Crippen molar-refractivity contribution in [2.24, 2.45) is 0 Å². The van der Waals surface area contributed by atoms with E-state index in [-0.39, 0.29) is 47.3 Å². The van der Waals surface area contributed by atoms with Gasteiger partial charge in [0, 0.05) is 60.0 Å². The highest BCUT2D eigenvalue weighted by Gasteiger charge is 2.48. The zero-order valence-electron chi connectivity index (χ0n) is 50.4. The van der Waals surface area contributed by atoms with Gasteiger partial charge in [0.2, 0.25) is 0 Å². The molecule has 0 unspecified atom stereocenters. The van der Waals surface area contributed by atoms with E-state index < -0.39 is 11.5 Å². The van der Waals surface area contributed by atoms with Gasteiger partial charge < -0.3 is 14.7 Å². The van der Waals surface area contributed by atoms with Crippen LogP contribution in [0.4, 0.5) is 51.2 Å². The molecule has 0 spiro atoms. The summed E-state index contributed by atoms with van der Waals surface area (Å²) in [7, 11) is 0. The quantitative estimate of drug-likeness (QED) is 0.147. The lowest BCUT2D eigenvalue weighted by atomic mass is 9.36. The van der Waals surface area contributed by atoms with Gasteiger partial charge in [0.1, 0.15) is 0 Å². The fourth-order valence-corrected chi connectivity index (χ4v) is 14.1. The smallest absolute Gasteiger partial charge is 0.264 e. The first kappa shape index (κ1) is 42.7. The molecule has 0 radical (unpaired) electrons. The topological polar surface area (TPSA) is 9.72 Å². The molecule has 3 aliphatic rings. The third-order valence-electron chi connectivity index (χ3n) is 16.6. The fourth-order valence-electron chi connectivity index (χ4n) is 12.8. The lowest BCUT2D eigenvalue weighted by Crippen LogP contribution is -2.60. The van der Waals surface area contributed by atoms with Crippen LogP contribution in [0.5, 0.6) is 0 Å². The van der Waals surface area contributed by atoms with Gasteiger partial charge in [-0.1, -0.05) is 207 Å². The van der Waals surface area contributed by atoms with E-state index >= 15 is 0 Å². The van der Waals surface area contributed by atoms with Gasteiger partial charge in [-0.3, -0.25) is 0 Å². The minimum Gasteiger partial charge on any atom is -0.311 e. The van der Waals surface area contributed by atoms with E-state index in [1.165, 1.54) is 42.9 Å². The highest BCUT2D eigenvalue weighted by molar-refractivity contribution is 7.33. The molecule has 14 rings (SSSR count). The Hall–Kier alpha value is -8.38. The number of nitrogens with zero attached hydrogens (tertiary/aromatic N) is 3. The first-order chi connectivity index (χ1) is 39.8. The van der Waals surface area contributed by atoms with Gasteiger partial charge in [-0.25, -0.2) is 0 Å². The lowest BCUT2D eigenvalue weighted by molar-refractivity contribution is 0.590. The molecular formula is C73H62BN3S. The van der Waals surface area contributed by atoms with Crippen molar-refractivity contribution in [3.05, 3.63) is 253 Å². The Balaban J connectivity index is 1.14. The van der Waals surface area contributed by atoms with Crippen LogP contribution in [0.15, 0.2) is 230 Å². The predicted octanol–water partition coefficient (Wildman–Crippen LogP) is 18.7. The summed E-state index contributed by atoms with van der Waals surface area (Å²) in [6.07, 6.45) is 0. The maximum absolute atomic E-state index is 9.61. The molecule has 0 bridgehead atoms. The molecule has 0 saturated heterocycles. The van der Waals surface area contributed by atoms with Crippen LogP contribution >= 0.6 is 11.3 Å². The number of benzene rings is 10. The van der Waals surface area contributed by atoms with E-state index in [9.17, 15) is 2.74 Å². The van der Waals surface area contributed by atoms with E-state index in [1.807, 2.05) is 17.4 Å². The van der Waals surface area contributed by atoms with Crippen molar-refractivity contribution in [3.8, 4) is 33.4 Å². The third kappa shape index (κ3) is 7.53. The molecule has 0 atom stereocenters. The van der Waals surface area contributed by atoms with Gasteiger partial charge in [0.05, 0.1) is 23.9 Å². The van der Waals surface area contributed by atoms with Crippen molar-refractivity contribution < 1.29 is 6.85 Å². The van der Waals surface area contributed by atoms with Gasteiger partial charge >= 0.3 is 0 Å². The molecule has 1 aliphatic carbocycles. The number of para-hydroxylation sites is 2. The second-order valence-electron chi connectivity index (χ2n) is 23.8. The van der Waals surface area contributed by atoms with E-state index in [4.69, 9.17) is 4.11 Å². The molecule has 0 amide bonds. The molecule has 1 aromatic heterocycles. The summed E-state index contributed by atoms with van der Waals surface area (Å²) in [4.78, 5) is 7.26. The molecule has 0 saturated carbocycles. The fraction of sp³-hybridized carbons (Fsp3) is 0.151. The Kier molecular flexibility index (Phi) is 9.77. The first-order valence-electron chi connectivity index (χ1n) is 29.7. The molecule has 3 nitrogen and oxygen atoms in total. The van der Waals surface area contributed by atoms with Gasteiger partial charge in [-0.15, -0.1) is 11.3 Å². The molecular weight excluding hydrogens is 962 g/mol. The van der Waals surface area contributed by atoms with E-state index in [0.29, 0.717) is 5.56 Å². The summed E-state index contributed by atoms with van der Waals surface area (Å²) < 4.78 is 48.5. The van der Waals surface area contributed by atoms with Gasteiger partial charge in [0.25, 0.3) is 6.71 Å². The van der Waals surface area contributed by atoms with Crippen LogP contribution in [0.1, 0.15) is 84.5 Å². The van der Waals surface area contributed by atoms with Crippen LogP contribution in [-0.2, 0) is 16.2 Å². The Morgan fingerprint density at radius 1 is 0.500 bits per heavy atom. The average molecular weight is 1030 g/mol. The van der Waals surface area contributed by atoms with Crippen LogP contribution in [0.2, 0.25) is 0 Å². The van der Waals surface area contributed by atoms with E-state index in [0.717, 1.165) is 78.6 Å². The SMILES string of the molecule is [2H]c1c([2H])c([2H])c(-c2cc3c4c(c2)N(c2ccccc2)c2c(sc5ccc(C(C)(C)C)cc25)B4c2ccc(N(c4ccccc4)c4ccc(C(C)(C)C)cc4-c4ccccc4)cc2N3c2cccc3c2C(C)(C)c2ccccc2-3)c([2H])c1[2H]. The Morgan fingerprint density at radius 2 is 1.14 bits per heavy atom. The van der Waals surface area contributed by atoms with E-state index in [2.05, 4.69) is 264 Å². The van der Waals surface area contributed by atoms with Crippen molar-refractivity contribution in [2.75, 3.05) is 14.7 Å². The first-order valence-corrected chi connectivity index (χ1v) is 28.0. The van der Waals surface area contributed by atoms with Crippen LogP contribution in [0.25, 0.3) is 43.5 Å². The number of rotatable bonds is 7. The number of hydrogen-bond donors (Lipinski definition) is 0. The normalized spacial score (nSPS) is 14.8. The standard InChI is InChI=1S/C73H62BN3S/c1-71(2,3)50-36-40-61(57(44-50)48-26-15-10-16-27-48)75(52-28-17-11-18-29-52)54-38-39-60-63(46-54)77(62-35-23-33-56-55-32-21-22-34-59(55)73(7,8)67(56)62)65-43-49(47-24-13-9-14-25-47)42-64-68(65)74(60)70-69(76(64)53-30-19-12-20-31-53)58-45-51(72(4,5)6)37-41-66(58)78-70/h9-46H,1-8H3/i9D,13D,14D,24D,25D. The Bertz CT molecular complexity index is 4440. The van der Waals surface area contributed by atoms with E-state index in [1.54, 1.807) is 0 Å². The Labute approximate surface area is 471 Å². The lowest BCUT2D eigenvalue weighted by Gasteiger charge is -2.45. The molecule has 3 heterocycles. The molecule has 2 aliphatic heterocycles. The minimum absolute atomic E-state index is 0.106. The predicted molar refractivity (Wildman–Crippen MR) is 336 cm³/mol. The molecule has 5 heteroatoms. The summed E-state index contributed by atoms with van der Waals surface area (Å²) in [6.45, 7) is 18.0. The molecule has 0 fully saturated rings. The monoisotopic (exact) mass is 1030 g/mol. The van der Waals surface area contributed by atoms with Gasteiger partial charge in [-0.05, 0) is 151 Å². The van der Waals surface area contributed by atoms with Crippen molar-refractivity contribution in [1.29, 1.82) is 0 Å². The van der Waals surface area contributed by atoms with Crippen LogP contribution in [-0.4, -0.2) is 6.71 Å². The summed E-state index contributed by atoms with van der Waals surface area (Å²) in [5.74, 6) is 0. The highest BCUT2D eigenvalue weighted by atomic mass is 32.1. The molecule has 378 valence electrons. The van der Waals surface area contributed by atoms with Crippen LogP contribution in [0.3, 0.4) is 0 Å². The Morgan fingerprint density at radius 3 is 1.87 bits per heavy atom. The molecule has 0 N–H and O–H groups in total. The summed E-state index contributed by atoms with van der Waals surface area (Å²) in [6, 6.07) is 70.9. The van der Waals surface area contributed by atoms with Crippen molar-refractivity contribution in [1.82, 2.24) is 0 Å². The average Bonchev–Trinajstić information content (AvgIpc) is 2.19. The summed E-state index contributed by atoms with van der Waals surface area (Å²) in [5, 5.41) is 1.14. The van der Waals surface area contributed by atoms with Crippen molar-refractivity contribution in [3.63, 3.8) is 0 Å². The van der Waals surface area contributed by atoms with Gasteiger partial charge in [0.15, 0.2) is 0 Å².